The molecule has 0 fully saturated rings. The van der Waals surface area contributed by atoms with E-state index in [4.69, 9.17) is 0 Å². The number of carbonyl (C=O) groups is 1. The van der Waals surface area contributed by atoms with Crippen LogP contribution in [0, 0.1) is 0 Å². The van der Waals surface area contributed by atoms with Crippen LogP contribution < -0.4 is 5.32 Å². The molecule has 0 saturated heterocycles. The minimum Gasteiger partial charge on any atom is -0.394 e. The van der Waals surface area contributed by atoms with Gasteiger partial charge in [-0.25, -0.2) is 0 Å². The number of aliphatic hydroxyl groups excluding tert-OH is 3. The Balaban J connectivity index is 3.66. The van der Waals surface area contributed by atoms with Gasteiger partial charge in [0.25, 0.3) is 0 Å². The first-order valence-corrected chi connectivity index (χ1v) is 18.6. The third-order valence-corrected chi connectivity index (χ3v) is 8.48. The molecule has 0 rings (SSSR count). The molecule has 0 radical (unpaired) electrons. The Morgan fingerprint density at radius 3 is 1.42 bits per heavy atom. The quantitative estimate of drug-likeness (QED) is 0.0441. The third kappa shape index (κ3) is 30.6. The molecule has 1 amide bonds. The van der Waals surface area contributed by atoms with Gasteiger partial charge in [-0.1, -0.05) is 173 Å². The summed E-state index contributed by atoms with van der Waals surface area (Å²) in [7, 11) is 0. The maximum absolute atomic E-state index is 12.3. The van der Waals surface area contributed by atoms with E-state index in [1.807, 2.05) is 12.2 Å². The second-order valence-electron chi connectivity index (χ2n) is 12.8. The molecule has 0 saturated carbocycles. The van der Waals surface area contributed by atoms with Gasteiger partial charge >= 0.3 is 0 Å². The molecule has 5 heteroatoms. The summed E-state index contributed by atoms with van der Waals surface area (Å²) in [6, 6.07) is -0.754. The number of rotatable bonds is 33. The molecule has 0 aliphatic heterocycles. The van der Waals surface area contributed by atoms with Crippen LogP contribution in [0.5, 0.6) is 0 Å². The zero-order valence-electron chi connectivity index (χ0n) is 28.6. The van der Waals surface area contributed by atoms with Gasteiger partial charge in [0, 0.05) is 0 Å². The predicted molar refractivity (Wildman–Crippen MR) is 185 cm³/mol. The van der Waals surface area contributed by atoms with E-state index < -0.39 is 18.2 Å². The van der Waals surface area contributed by atoms with Crippen molar-refractivity contribution in [3.05, 3.63) is 24.3 Å². The topological polar surface area (TPSA) is 89.8 Å². The largest absolute Gasteiger partial charge is 0.394 e. The monoisotopic (exact) mass is 608 g/mol. The average Bonchev–Trinajstić information content (AvgIpc) is 3.00. The fourth-order valence-electron chi connectivity index (χ4n) is 5.57. The highest BCUT2D eigenvalue weighted by molar-refractivity contribution is 5.76. The van der Waals surface area contributed by atoms with E-state index in [2.05, 4.69) is 25.2 Å². The van der Waals surface area contributed by atoms with Gasteiger partial charge in [-0.05, 0) is 32.1 Å². The van der Waals surface area contributed by atoms with Gasteiger partial charge in [-0.2, -0.15) is 0 Å². The summed E-state index contributed by atoms with van der Waals surface area (Å²) in [5.41, 5.74) is 0. The van der Waals surface area contributed by atoms with Crippen molar-refractivity contribution in [2.75, 3.05) is 6.61 Å². The second-order valence-corrected chi connectivity index (χ2v) is 12.8. The smallest absolute Gasteiger partial charge is 0.223 e. The van der Waals surface area contributed by atoms with Gasteiger partial charge < -0.3 is 20.6 Å². The van der Waals surface area contributed by atoms with Crippen LogP contribution in [0.3, 0.4) is 0 Å². The highest BCUT2D eigenvalue weighted by Crippen LogP contribution is 2.15. The first kappa shape index (κ1) is 41.8. The summed E-state index contributed by atoms with van der Waals surface area (Å²) >= 11 is 0. The lowest BCUT2D eigenvalue weighted by atomic mass is 10.0. The number of allylic oxidation sites excluding steroid dienone is 2. The van der Waals surface area contributed by atoms with Crippen LogP contribution in [-0.2, 0) is 4.79 Å². The van der Waals surface area contributed by atoms with Gasteiger partial charge in [0.1, 0.15) is 0 Å². The lowest BCUT2D eigenvalue weighted by Gasteiger charge is -2.20. The van der Waals surface area contributed by atoms with E-state index in [9.17, 15) is 20.1 Å². The van der Waals surface area contributed by atoms with E-state index in [1.54, 1.807) is 6.08 Å². The van der Waals surface area contributed by atoms with Crippen molar-refractivity contribution in [3.63, 3.8) is 0 Å². The van der Waals surface area contributed by atoms with E-state index in [-0.39, 0.29) is 18.9 Å². The van der Waals surface area contributed by atoms with Crippen LogP contribution in [0.25, 0.3) is 0 Å². The molecule has 0 aliphatic carbocycles. The minimum absolute atomic E-state index is 0.0353. The summed E-state index contributed by atoms with van der Waals surface area (Å²) in [6.07, 6.45) is 39.1. The van der Waals surface area contributed by atoms with Crippen LogP contribution in [0.15, 0.2) is 24.3 Å². The molecule has 0 heterocycles. The predicted octanol–water partition coefficient (Wildman–Crippen LogP) is 9.87. The minimum atomic E-state index is -0.936. The Morgan fingerprint density at radius 2 is 0.977 bits per heavy atom. The second kappa shape index (κ2) is 33.7. The number of carbonyl (C=O) groups excluding carboxylic acids is 1. The lowest BCUT2D eigenvalue weighted by Crippen LogP contribution is -2.45. The molecular weight excluding hydrogens is 534 g/mol. The van der Waals surface area contributed by atoms with Crippen LogP contribution in [0.1, 0.15) is 187 Å². The average molecular weight is 608 g/mol. The summed E-state index contributed by atoms with van der Waals surface area (Å²) < 4.78 is 0. The molecule has 0 spiro atoms. The number of hydrogen-bond donors (Lipinski definition) is 4. The van der Waals surface area contributed by atoms with Crippen molar-refractivity contribution in [2.24, 2.45) is 0 Å². The lowest BCUT2D eigenvalue weighted by molar-refractivity contribution is -0.124. The van der Waals surface area contributed by atoms with Crippen LogP contribution in [0.2, 0.25) is 0 Å². The molecule has 4 N–H and O–H groups in total. The molecule has 5 nitrogen and oxygen atoms in total. The van der Waals surface area contributed by atoms with Crippen molar-refractivity contribution in [3.8, 4) is 0 Å². The maximum Gasteiger partial charge on any atom is 0.223 e. The summed E-state index contributed by atoms with van der Waals surface area (Å²) in [6.45, 7) is 4.13. The Hall–Kier alpha value is -1.17. The molecule has 0 aromatic rings. The molecule has 3 atom stereocenters. The number of hydrogen-bond acceptors (Lipinski definition) is 4. The van der Waals surface area contributed by atoms with E-state index in [1.165, 1.54) is 135 Å². The zero-order chi connectivity index (χ0) is 31.6. The summed E-state index contributed by atoms with van der Waals surface area (Å²) in [5.74, 6) is -0.353. The summed E-state index contributed by atoms with van der Waals surface area (Å²) in [4.78, 5) is 12.3. The molecule has 43 heavy (non-hydrogen) atoms. The van der Waals surface area contributed by atoms with Crippen LogP contribution >= 0.6 is 0 Å². The Bertz CT molecular complexity index is 635. The van der Waals surface area contributed by atoms with Crippen LogP contribution in [0.4, 0.5) is 0 Å². The van der Waals surface area contributed by atoms with Crippen molar-refractivity contribution in [2.45, 2.75) is 205 Å². The van der Waals surface area contributed by atoms with E-state index in [0.29, 0.717) is 6.42 Å². The van der Waals surface area contributed by atoms with Crippen molar-refractivity contribution in [1.82, 2.24) is 5.32 Å². The van der Waals surface area contributed by atoms with Crippen molar-refractivity contribution in [1.29, 1.82) is 0 Å². The first-order valence-electron chi connectivity index (χ1n) is 18.6. The van der Waals surface area contributed by atoms with Gasteiger partial charge in [-0.3, -0.25) is 4.79 Å². The van der Waals surface area contributed by atoms with Gasteiger partial charge in [-0.15, -0.1) is 0 Å². The van der Waals surface area contributed by atoms with Gasteiger partial charge in [0.05, 0.1) is 31.3 Å². The highest BCUT2D eigenvalue weighted by atomic mass is 16.3. The fraction of sp³-hybridized carbons (Fsp3) is 0.868. The highest BCUT2D eigenvalue weighted by Gasteiger charge is 2.19. The van der Waals surface area contributed by atoms with Crippen LogP contribution in [-0.4, -0.2) is 46.1 Å². The summed E-state index contributed by atoms with van der Waals surface area (Å²) in [5, 5.41) is 32.8. The maximum atomic E-state index is 12.3. The molecule has 254 valence electrons. The number of nitrogens with one attached hydrogen (secondary N) is 1. The van der Waals surface area contributed by atoms with E-state index >= 15 is 0 Å². The van der Waals surface area contributed by atoms with Crippen molar-refractivity contribution >= 4 is 5.91 Å². The number of unbranched alkanes of at least 4 members (excludes halogenated alkanes) is 23. The Labute approximate surface area is 267 Å². The Kier molecular flexibility index (Phi) is 32.8. The first-order chi connectivity index (χ1) is 21.0. The zero-order valence-corrected chi connectivity index (χ0v) is 28.6. The number of aliphatic hydroxyl groups is 3. The fourth-order valence-corrected chi connectivity index (χ4v) is 5.57. The molecule has 0 bridgehead atoms. The van der Waals surface area contributed by atoms with Gasteiger partial charge in [0.2, 0.25) is 5.91 Å². The number of amides is 1. The molecular formula is C38H73NO4. The SMILES string of the molecule is CCCCCC/C=C\CC(O)CC(=O)NC(CO)C(O)/C=C/CCCCCCCCCCCCCCCCCCCCC. The van der Waals surface area contributed by atoms with Gasteiger partial charge in [0.15, 0.2) is 0 Å². The Morgan fingerprint density at radius 1 is 0.581 bits per heavy atom. The normalized spacial score (nSPS) is 14.1. The standard InChI is InChI=1S/C38H73NO4/c1-3-5-7-9-11-12-13-14-15-16-17-18-19-20-21-22-23-24-26-28-30-32-37(42)36(34-40)39-38(43)33-35(41)31-29-27-25-10-8-6-4-2/h27,29-30,32,35-37,40-42H,3-26,28,31,33-34H2,1-2H3,(H,39,43)/b29-27-,32-30+. The third-order valence-electron chi connectivity index (χ3n) is 8.48. The molecule has 0 aromatic heterocycles. The molecule has 3 unspecified atom stereocenters. The van der Waals surface area contributed by atoms with Crippen molar-refractivity contribution < 1.29 is 20.1 Å². The molecule has 0 aliphatic rings. The van der Waals surface area contributed by atoms with E-state index in [0.717, 1.165) is 25.7 Å². The molecule has 0 aromatic carbocycles.